The van der Waals surface area contributed by atoms with Crippen LogP contribution < -0.4 is 0 Å². The van der Waals surface area contributed by atoms with Gasteiger partial charge in [-0.2, -0.15) is 0 Å². The van der Waals surface area contributed by atoms with Gasteiger partial charge in [-0.15, -0.1) is 0 Å². The number of aromatic nitrogens is 2. The average molecular weight is 385 g/mol. The predicted molar refractivity (Wildman–Crippen MR) is 122 cm³/mol. The monoisotopic (exact) mass is 384 g/mol. The first-order chi connectivity index (χ1) is 13.6. The highest BCUT2D eigenvalue weighted by molar-refractivity contribution is 6.11. The number of fused-ring (bicyclic) bond motifs is 3. The van der Waals surface area contributed by atoms with Gasteiger partial charge in [0.2, 0.25) is 0 Å². The largest absolute Gasteiger partial charge is 0.507 e. The summed E-state index contributed by atoms with van der Waals surface area (Å²) in [7, 11) is 0. The molecule has 4 rings (SSSR count). The van der Waals surface area contributed by atoms with E-state index in [0.717, 1.165) is 44.1 Å². The van der Waals surface area contributed by atoms with Crippen molar-refractivity contribution in [3.05, 3.63) is 66.0 Å². The molecule has 3 nitrogen and oxygen atoms in total. The minimum Gasteiger partial charge on any atom is -0.507 e. The van der Waals surface area contributed by atoms with Crippen LogP contribution in [0.1, 0.15) is 52.7 Å². The quantitative estimate of drug-likeness (QED) is 0.369. The van der Waals surface area contributed by atoms with Gasteiger partial charge in [-0.1, -0.05) is 65.8 Å². The Morgan fingerprint density at radius 1 is 0.724 bits per heavy atom. The zero-order valence-corrected chi connectivity index (χ0v) is 18.0. The molecule has 0 spiro atoms. The van der Waals surface area contributed by atoms with Crippen molar-refractivity contribution in [2.24, 2.45) is 0 Å². The molecule has 0 atom stereocenters. The maximum atomic E-state index is 11.1. The molecule has 3 heteroatoms. The second-order valence-electron chi connectivity index (χ2n) is 9.81. The molecule has 0 unspecified atom stereocenters. The van der Waals surface area contributed by atoms with Gasteiger partial charge in [0.15, 0.2) is 0 Å². The lowest BCUT2D eigenvalue weighted by atomic mass is 9.77. The summed E-state index contributed by atoms with van der Waals surface area (Å²) in [5, 5.41) is 13.3. The zero-order chi connectivity index (χ0) is 21.0. The molecule has 3 aromatic carbocycles. The first-order valence-electron chi connectivity index (χ1n) is 10.1. The molecule has 148 valence electrons. The SMILES string of the molecule is CC(C)(C)c1cc(-c2cc3nccnc3c3ccccc23)cc(C(C)(C)C)c1O. The lowest BCUT2D eigenvalue weighted by Crippen LogP contribution is -2.17. The van der Waals surface area contributed by atoms with Crippen LogP contribution in [-0.4, -0.2) is 15.1 Å². The first-order valence-corrected chi connectivity index (χ1v) is 10.1. The van der Waals surface area contributed by atoms with Crippen LogP contribution in [0.3, 0.4) is 0 Å². The van der Waals surface area contributed by atoms with Crippen LogP contribution in [0.5, 0.6) is 5.75 Å². The predicted octanol–water partition coefficient (Wildman–Crippen LogP) is 6.75. The minimum atomic E-state index is -0.174. The fourth-order valence-electron chi connectivity index (χ4n) is 3.97. The van der Waals surface area contributed by atoms with Crippen molar-refractivity contribution < 1.29 is 5.11 Å². The van der Waals surface area contributed by atoms with Crippen LogP contribution in [0.2, 0.25) is 0 Å². The van der Waals surface area contributed by atoms with Crippen LogP contribution in [0.15, 0.2) is 54.9 Å². The van der Waals surface area contributed by atoms with Crippen LogP contribution in [0.25, 0.3) is 32.9 Å². The Morgan fingerprint density at radius 2 is 1.28 bits per heavy atom. The van der Waals surface area contributed by atoms with Crippen molar-refractivity contribution in [3.63, 3.8) is 0 Å². The van der Waals surface area contributed by atoms with E-state index in [0.29, 0.717) is 5.75 Å². The zero-order valence-electron chi connectivity index (χ0n) is 18.0. The summed E-state index contributed by atoms with van der Waals surface area (Å²) in [5.74, 6) is 0.402. The van der Waals surface area contributed by atoms with Gasteiger partial charge in [0.1, 0.15) is 5.75 Å². The van der Waals surface area contributed by atoms with Crippen molar-refractivity contribution in [1.29, 1.82) is 0 Å². The van der Waals surface area contributed by atoms with E-state index in [1.54, 1.807) is 12.4 Å². The molecule has 0 aliphatic carbocycles. The molecule has 1 aromatic heterocycles. The van der Waals surface area contributed by atoms with Crippen molar-refractivity contribution in [3.8, 4) is 16.9 Å². The van der Waals surface area contributed by atoms with Gasteiger partial charge in [0.25, 0.3) is 0 Å². The van der Waals surface area contributed by atoms with Crippen molar-refractivity contribution in [1.82, 2.24) is 9.97 Å². The molecule has 29 heavy (non-hydrogen) atoms. The molecule has 0 radical (unpaired) electrons. The highest BCUT2D eigenvalue weighted by Crippen LogP contribution is 2.43. The Kier molecular flexibility index (Phi) is 4.38. The molecule has 0 saturated carbocycles. The molecular weight excluding hydrogens is 356 g/mol. The van der Waals surface area contributed by atoms with Gasteiger partial charge in [-0.05, 0) is 45.5 Å². The third-order valence-corrected chi connectivity index (χ3v) is 5.52. The van der Waals surface area contributed by atoms with Gasteiger partial charge in [-0.25, -0.2) is 0 Å². The van der Waals surface area contributed by atoms with Gasteiger partial charge in [-0.3, -0.25) is 9.97 Å². The maximum absolute atomic E-state index is 11.1. The number of nitrogens with zero attached hydrogens (tertiary/aromatic N) is 2. The highest BCUT2D eigenvalue weighted by atomic mass is 16.3. The van der Waals surface area contributed by atoms with Gasteiger partial charge < -0.3 is 5.11 Å². The van der Waals surface area contributed by atoms with Crippen LogP contribution in [-0.2, 0) is 10.8 Å². The maximum Gasteiger partial charge on any atom is 0.123 e. The smallest absolute Gasteiger partial charge is 0.123 e. The number of phenolic OH excluding ortho intramolecular Hbond substituents is 1. The Balaban J connectivity index is 2.13. The third-order valence-electron chi connectivity index (χ3n) is 5.52. The molecular formula is C26H28N2O. The number of phenols is 1. The lowest BCUT2D eigenvalue weighted by Gasteiger charge is -2.28. The Hall–Kier alpha value is -2.94. The second kappa shape index (κ2) is 6.55. The van der Waals surface area contributed by atoms with E-state index < -0.39 is 0 Å². The van der Waals surface area contributed by atoms with E-state index in [2.05, 4.69) is 87.9 Å². The number of rotatable bonds is 1. The molecule has 1 heterocycles. The highest BCUT2D eigenvalue weighted by Gasteiger charge is 2.27. The molecule has 0 amide bonds. The van der Waals surface area contributed by atoms with Gasteiger partial charge in [0, 0.05) is 28.9 Å². The molecule has 0 aliphatic rings. The van der Waals surface area contributed by atoms with Crippen molar-refractivity contribution >= 4 is 21.8 Å². The van der Waals surface area contributed by atoms with E-state index in [1.807, 2.05) is 6.07 Å². The summed E-state index contributed by atoms with van der Waals surface area (Å²) < 4.78 is 0. The molecule has 0 saturated heterocycles. The Bertz CT molecular complexity index is 1190. The minimum absolute atomic E-state index is 0.174. The average Bonchev–Trinajstić information content (AvgIpc) is 2.66. The summed E-state index contributed by atoms with van der Waals surface area (Å²) in [4.78, 5) is 9.13. The summed E-state index contributed by atoms with van der Waals surface area (Å²) in [5.41, 5.74) is 5.58. The van der Waals surface area contributed by atoms with Gasteiger partial charge >= 0.3 is 0 Å². The molecule has 0 fully saturated rings. The van der Waals surface area contributed by atoms with Crippen molar-refractivity contribution in [2.75, 3.05) is 0 Å². The van der Waals surface area contributed by atoms with E-state index in [4.69, 9.17) is 0 Å². The molecule has 1 N–H and O–H groups in total. The molecule has 4 aromatic rings. The fraction of sp³-hybridized carbons (Fsp3) is 0.308. The fourth-order valence-corrected chi connectivity index (χ4v) is 3.97. The van der Waals surface area contributed by atoms with Crippen molar-refractivity contribution in [2.45, 2.75) is 52.4 Å². The van der Waals surface area contributed by atoms with Gasteiger partial charge in [0.05, 0.1) is 11.0 Å². The second-order valence-corrected chi connectivity index (χ2v) is 9.81. The molecule has 0 aliphatic heterocycles. The van der Waals surface area contributed by atoms with E-state index in [1.165, 1.54) is 0 Å². The number of hydrogen-bond acceptors (Lipinski definition) is 3. The summed E-state index contributed by atoms with van der Waals surface area (Å²) in [6, 6.07) is 14.7. The standard InChI is InChI=1S/C26H28N2O/c1-25(2,3)20-13-16(14-21(24(20)29)26(4,5)6)19-15-22-23(28-12-11-27-22)18-10-8-7-9-17(18)19/h7-15,29H,1-6H3. The topological polar surface area (TPSA) is 46.0 Å². The Morgan fingerprint density at radius 3 is 1.86 bits per heavy atom. The summed E-state index contributed by atoms with van der Waals surface area (Å²) in [6.45, 7) is 12.8. The van der Waals surface area contributed by atoms with E-state index >= 15 is 0 Å². The molecule has 0 bridgehead atoms. The lowest BCUT2D eigenvalue weighted by molar-refractivity contribution is 0.423. The third kappa shape index (κ3) is 3.35. The van der Waals surface area contributed by atoms with Crippen LogP contribution in [0.4, 0.5) is 0 Å². The Labute approximate surface area is 172 Å². The van der Waals surface area contributed by atoms with Crippen LogP contribution in [0, 0.1) is 0 Å². The summed E-state index contributed by atoms with van der Waals surface area (Å²) in [6.07, 6.45) is 3.48. The van der Waals surface area contributed by atoms with Crippen LogP contribution >= 0.6 is 0 Å². The number of benzene rings is 3. The normalized spacial score (nSPS) is 12.6. The van der Waals surface area contributed by atoms with E-state index in [-0.39, 0.29) is 10.8 Å². The first kappa shape index (κ1) is 19.4. The number of hydrogen-bond donors (Lipinski definition) is 1. The van der Waals surface area contributed by atoms with E-state index in [9.17, 15) is 5.11 Å². The number of aromatic hydroxyl groups is 1. The summed E-state index contributed by atoms with van der Waals surface area (Å²) >= 11 is 0.